The minimum atomic E-state index is -0.788. The van der Waals surface area contributed by atoms with Crippen LogP contribution in [-0.4, -0.2) is 40.7 Å². The lowest BCUT2D eigenvalue weighted by Crippen LogP contribution is -2.49. The third-order valence-electron chi connectivity index (χ3n) is 3.91. The summed E-state index contributed by atoms with van der Waals surface area (Å²) in [7, 11) is 0. The SMILES string of the molecule is O=C(NC1CCSC1)NC1CCCCCC1C(=O)O. The normalized spacial score (nSPS) is 31.5. The summed E-state index contributed by atoms with van der Waals surface area (Å²) < 4.78 is 0. The Bertz CT molecular complexity index is 332. The molecule has 1 heterocycles. The van der Waals surface area contributed by atoms with Crippen molar-refractivity contribution < 1.29 is 14.7 Å². The van der Waals surface area contributed by atoms with Gasteiger partial charge in [0.25, 0.3) is 0 Å². The molecular formula is C13H22N2O3S. The molecule has 108 valence electrons. The Morgan fingerprint density at radius 1 is 1.05 bits per heavy atom. The number of rotatable bonds is 3. The second-order valence-corrected chi connectivity index (χ2v) is 6.52. The molecule has 2 amide bonds. The van der Waals surface area contributed by atoms with Crippen LogP contribution < -0.4 is 10.6 Å². The molecule has 19 heavy (non-hydrogen) atoms. The molecule has 2 fully saturated rings. The zero-order valence-electron chi connectivity index (χ0n) is 11.1. The van der Waals surface area contributed by atoms with Gasteiger partial charge >= 0.3 is 12.0 Å². The molecule has 1 aliphatic heterocycles. The van der Waals surface area contributed by atoms with Crippen LogP contribution in [0, 0.1) is 5.92 Å². The molecule has 0 aromatic rings. The number of carboxylic acid groups (broad SMARTS) is 1. The van der Waals surface area contributed by atoms with E-state index in [0.717, 1.165) is 43.6 Å². The Morgan fingerprint density at radius 3 is 2.53 bits per heavy atom. The maximum Gasteiger partial charge on any atom is 0.315 e. The van der Waals surface area contributed by atoms with Gasteiger partial charge in [-0.2, -0.15) is 11.8 Å². The summed E-state index contributed by atoms with van der Waals surface area (Å²) in [6.45, 7) is 0. The van der Waals surface area contributed by atoms with Crippen LogP contribution in [0.1, 0.15) is 38.5 Å². The molecule has 1 saturated carbocycles. The summed E-state index contributed by atoms with van der Waals surface area (Å²) in [5.74, 6) is 0.821. The van der Waals surface area contributed by atoms with Crippen molar-refractivity contribution in [3.05, 3.63) is 0 Å². The van der Waals surface area contributed by atoms with Crippen molar-refractivity contribution in [2.24, 2.45) is 5.92 Å². The average molecular weight is 286 g/mol. The molecule has 2 aliphatic rings. The van der Waals surface area contributed by atoms with E-state index in [9.17, 15) is 14.7 Å². The number of nitrogens with one attached hydrogen (secondary N) is 2. The molecule has 6 heteroatoms. The second-order valence-electron chi connectivity index (χ2n) is 5.37. The molecule has 3 N–H and O–H groups in total. The third-order valence-corrected chi connectivity index (χ3v) is 5.08. The molecular weight excluding hydrogens is 264 g/mol. The summed E-state index contributed by atoms with van der Waals surface area (Å²) in [6, 6.07) is -0.196. The first-order chi connectivity index (χ1) is 9.16. The highest BCUT2D eigenvalue weighted by Crippen LogP contribution is 2.24. The fourth-order valence-electron chi connectivity index (χ4n) is 2.82. The number of amides is 2. The van der Waals surface area contributed by atoms with Gasteiger partial charge < -0.3 is 15.7 Å². The van der Waals surface area contributed by atoms with E-state index in [1.165, 1.54) is 0 Å². The van der Waals surface area contributed by atoms with Crippen LogP contribution in [0.25, 0.3) is 0 Å². The fraction of sp³-hybridized carbons (Fsp3) is 0.846. The fourth-order valence-corrected chi connectivity index (χ4v) is 3.97. The Labute approximate surface area is 117 Å². The summed E-state index contributed by atoms with van der Waals surface area (Å²) in [5.41, 5.74) is 0. The van der Waals surface area contributed by atoms with Crippen molar-refractivity contribution >= 4 is 23.8 Å². The van der Waals surface area contributed by atoms with Gasteiger partial charge in [-0.05, 0) is 25.0 Å². The summed E-state index contributed by atoms with van der Waals surface area (Å²) >= 11 is 1.84. The summed E-state index contributed by atoms with van der Waals surface area (Å²) in [5, 5.41) is 15.1. The maximum absolute atomic E-state index is 11.9. The topological polar surface area (TPSA) is 78.4 Å². The summed E-state index contributed by atoms with van der Waals surface area (Å²) in [4.78, 5) is 23.2. The number of carboxylic acids is 1. The number of carbonyl (C=O) groups is 2. The van der Waals surface area contributed by atoms with Gasteiger partial charge in [0, 0.05) is 17.8 Å². The highest BCUT2D eigenvalue weighted by Gasteiger charge is 2.31. The van der Waals surface area contributed by atoms with E-state index >= 15 is 0 Å². The molecule has 0 radical (unpaired) electrons. The average Bonchev–Trinajstić information content (AvgIpc) is 2.73. The first-order valence-corrected chi connectivity index (χ1v) is 8.20. The molecule has 3 atom stereocenters. The second kappa shape index (κ2) is 7.03. The predicted molar refractivity (Wildman–Crippen MR) is 75.4 cm³/mol. The first-order valence-electron chi connectivity index (χ1n) is 7.04. The first kappa shape index (κ1) is 14.5. The van der Waals surface area contributed by atoms with Crippen LogP contribution in [0.4, 0.5) is 4.79 Å². The maximum atomic E-state index is 11.9. The summed E-state index contributed by atoms with van der Waals surface area (Å²) in [6.07, 6.45) is 5.43. The van der Waals surface area contributed by atoms with Gasteiger partial charge in [0.05, 0.1) is 5.92 Å². The number of urea groups is 1. The molecule has 0 aromatic carbocycles. The number of aliphatic carboxylic acids is 1. The van der Waals surface area contributed by atoms with E-state index in [1.807, 2.05) is 11.8 Å². The van der Waals surface area contributed by atoms with E-state index in [4.69, 9.17) is 0 Å². The van der Waals surface area contributed by atoms with Gasteiger partial charge in [-0.3, -0.25) is 4.79 Å². The Morgan fingerprint density at radius 2 is 1.84 bits per heavy atom. The molecule has 0 spiro atoms. The Balaban J connectivity index is 1.86. The van der Waals surface area contributed by atoms with Crippen LogP contribution >= 0.6 is 11.8 Å². The monoisotopic (exact) mass is 286 g/mol. The molecule has 3 unspecified atom stereocenters. The van der Waals surface area contributed by atoms with Crippen molar-refractivity contribution in [2.45, 2.75) is 50.6 Å². The highest BCUT2D eigenvalue weighted by atomic mass is 32.2. The lowest BCUT2D eigenvalue weighted by Gasteiger charge is -2.24. The number of carbonyl (C=O) groups excluding carboxylic acids is 1. The van der Waals surface area contributed by atoms with E-state index in [0.29, 0.717) is 6.42 Å². The van der Waals surface area contributed by atoms with Crippen LogP contribution in [0.5, 0.6) is 0 Å². The lowest BCUT2D eigenvalue weighted by atomic mass is 9.95. The number of thioether (sulfide) groups is 1. The van der Waals surface area contributed by atoms with Gasteiger partial charge in [0.2, 0.25) is 0 Å². The number of hydrogen-bond acceptors (Lipinski definition) is 3. The highest BCUT2D eigenvalue weighted by molar-refractivity contribution is 7.99. The van der Waals surface area contributed by atoms with Crippen molar-refractivity contribution in [3.8, 4) is 0 Å². The van der Waals surface area contributed by atoms with E-state index in [1.54, 1.807) is 0 Å². The Kier molecular flexibility index (Phi) is 5.36. The molecule has 2 rings (SSSR count). The third kappa shape index (κ3) is 4.30. The van der Waals surface area contributed by atoms with Crippen molar-refractivity contribution in [3.63, 3.8) is 0 Å². The van der Waals surface area contributed by atoms with Crippen LogP contribution in [-0.2, 0) is 4.79 Å². The smallest absolute Gasteiger partial charge is 0.315 e. The largest absolute Gasteiger partial charge is 0.481 e. The lowest BCUT2D eigenvalue weighted by molar-refractivity contribution is -0.142. The van der Waals surface area contributed by atoms with Crippen molar-refractivity contribution in [1.29, 1.82) is 0 Å². The van der Waals surface area contributed by atoms with Gasteiger partial charge in [0.1, 0.15) is 0 Å². The Hall–Kier alpha value is -0.910. The van der Waals surface area contributed by atoms with Crippen LogP contribution in [0.15, 0.2) is 0 Å². The molecule has 1 saturated heterocycles. The van der Waals surface area contributed by atoms with Gasteiger partial charge in [0.15, 0.2) is 0 Å². The molecule has 0 aromatic heterocycles. The zero-order valence-corrected chi connectivity index (χ0v) is 11.9. The van der Waals surface area contributed by atoms with Crippen molar-refractivity contribution in [2.75, 3.05) is 11.5 Å². The molecule has 5 nitrogen and oxygen atoms in total. The van der Waals surface area contributed by atoms with Gasteiger partial charge in [-0.15, -0.1) is 0 Å². The van der Waals surface area contributed by atoms with E-state index in [-0.39, 0.29) is 18.1 Å². The van der Waals surface area contributed by atoms with E-state index < -0.39 is 11.9 Å². The van der Waals surface area contributed by atoms with Crippen LogP contribution in [0.3, 0.4) is 0 Å². The predicted octanol–water partition coefficient (Wildman–Crippen LogP) is 1.82. The zero-order chi connectivity index (χ0) is 13.7. The van der Waals surface area contributed by atoms with Crippen LogP contribution in [0.2, 0.25) is 0 Å². The minimum absolute atomic E-state index is 0.203. The minimum Gasteiger partial charge on any atom is -0.481 e. The quantitative estimate of drug-likeness (QED) is 0.692. The van der Waals surface area contributed by atoms with Gasteiger partial charge in [-0.25, -0.2) is 4.79 Å². The standard InChI is InChI=1S/C13H22N2O3S/c16-12(17)10-4-2-1-3-5-11(10)15-13(18)14-9-6-7-19-8-9/h9-11H,1-8H2,(H,16,17)(H2,14,15,18). The molecule has 1 aliphatic carbocycles. The molecule has 0 bridgehead atoms. The number of hydrogen-bond donors (Lipinski definition) is 3. The van der Waals surface area contributed by atoms with Crippen molar-refractivity contribution in [1.82, 2.24) is 10.6 Å². The van der Waals surface area contributed by atoms with E-state index in [2.05, 4.69) is 10.6 Å². The van der Waals surface area contributed by atoms with Gasteiger partial charge in [-0.1, -0.05) is 19.3 Å².